The van der Waals surface area contributed by atoms with E-state index in [4.69, 9.17) is 4.98 Å². The Morgan fingerprint density at radius 1 is 1.33 bits per heavy atom. The Balaban J connectivity index is 1.93. The van der Waals surface area contributed by atoms with Crippen molar-refractivity contribution in [2.75, 3.05) is 0 Å². The van der Waals surface area contributed by atoms with Crippen molar-refractivity contribution in [3.05, 3.63) is 38.5 Å². The molecule has 4 heteroatoms. The van der Waals surface area contributed by atoms with Gasteiger partial charge in [-0.3, -0.25) is 0 Å². The van der Waals surface area contributed by atoms with Crippen molar-refractivity contribution in [2.24, 2.45) is 0 Å². The topological polar surface area (TPSA) is 24.9 Å². The number of thiazole rings is 1. The van der Waals surface area contributed by atoms with Crippen LogP contribution in [-0.4, -0.2) is 4.98 Å². The molecule has 0 saturated heterocycles. The number of hydrogen-bond acceptors (Lipinski definition) is 4. The van der Waals surface area contributed by atoms with Gasteiger partial charge in [-0.2, -0.15) is 11.3 Å². The molecule has 1 atom stereocenters. The third kappa shape index (κ3) is 3.40. The predicted molar refractivity (Wildman–Crippen MR) is 80.4 cm³/mol. The van der Waals surface area contributed by atoms with E-state index >= 15 is 0 Å². The van der Waals surface area contributed by atoms with Gasteiger partial charge in [0.1, 0.15) is 5.01 Å². The van der Waals surface area contributed by atoms with Crippen molar-refractivity contribution in [2.45, 2.75) is 45.7 Å². The number of rotatable bonds is 4. The van der Waals surface area contributed by atoms with Crippen LogP contribution in [-0.2, 0) is 12.0 Å². The highest BCUT2D eigenvalue weighted by molar-refractivity contribution is 7.09. The highest BCUT2D eigenvalue weighted by atomic mass is 32.1. The molecular weight excluding hydrogens is 260 g/mol. The first-order valence-corrected chi connectivity index (χ1v) is 7.99. The molecular formula is C14H20N2S2. The van der Waals surface area contributed by atoms with Crippen LogP contribution in [0, 0.1) is 0 Å². The Morgan fingerprint density at radius 3 is 2.67 bits per heavy atom. The minimum Gasteiger partial charge on any atom is -0.304 e. The lowest BCUT2D eigenvalue weighted by molar-refractivity contribution is 0.555. The van der Waals surface area contributed by atoms with Crippen LogP contribution in [0.1, 0.15) is 50.0 Å². The second-order valence-electron chi connectivity index (χ2n) is 5.54. The molecule has 18 heavy (non-hydrogen) atoms. The molecule has 0 spiro atoms. The summed E-state index contributed by atoms with van der Waals surface area (Å²) in [5, 5.41) is 11.2. The van der Waals surface area contributed by atoms with Gasteiger partial charge in [-0.05, 0) is 29.3 Å². The molecule has 2 aromatic rings. The highest BCUT2D eigenvalue weighted by Gasteiger charge is 2.17. The van der Waals surface area contributed by atoms with E-state index in [-0.39, 0.29) is 5.41 Å². The zero-order valence-corrected chi connectivity index (χ0v) is 13.0. The summed E-state index contributed by atoms with van der Waals surface area (Å²) in [6.45, 7) is 9.64. The minimum atomic E-state index is 0.147. The zero-order valence-electron chi connectivity index (χ0n) is 11.4. The van der Waals surface area contributed by atoms with Crippen LogP contribution >= 0.6 is 22.7 Å². The minimum absolute atomic E-state index is 0.147. The molecule has 1 unspecified atom stereocenters. The standard InChI is InChI=1S/C14H20N2S2/c1-10(11-5-6-17-8-11)15-7-13-16-12(9-18-13)14(2,3)4/h5-6,8-10,15H,7H2,1-4H3. The highest BCUT2D eigenvalue weighted by Crippen LogP contribution is 2.24. The molecule has 2 rings (SSSR count). The molecule has 1 N–H and O–H groups in total. The van der Waals surface area contributed by atoms with Crippen LogP contribution in [0.25, 0.3) is 0 Å². The van der Waals surface area contributed by atoms with Crippen LogP contribution in [0.4, 0.5) is 0 Å². The average molecular weight is 280 g/mol. The Labute approximate surface area is 117 Å². The normalized spacial score (nSPS) is 13.8. The summed E-state index contributed by atoms with van der Waals surface area (Å²) in [6, 6.07) is 2.56. The van der Waals surface area contributed by atoms with E-state index in [0.29, 0.717) is 6.04 Å². The van der Waals surface area contributed by atoms with Gasteiger partial charge in [0.2, 0.25) is 0 Å². The molecule has 0 aliphatic rings. The van der Waals surface area contributed by atoms with E-state index in [1.54, 1.807) is 22.7 Å². The Morgan fingerprint density at radius 2 is 2.11 bits per heavy atom. The van der Waals surface area contributed by atoms with Crippen LogP contribution in [0.2, 0.25) is 0 Å². The molecule has 0 amide bonds. The summed E-state index contributed by atoms with van der Waals surface area (Å²) in [5.74, 6) is 0. The zero-order chi connectivity index (χ0) is 13.2. The second kappa shape index (κ2) is 5.51. The summed E-state index contributed by atoms with van der Waals surface area (Å²) >= 11 is 3.49. The largest absolute Gasteiger partial charge is 0.304 e. The Hall–Kier alpha value is -0.710. The van der Waals surface area contributed by atoms with Crippen molar-refractivity contribution < 1.29 is 0 Å². The van der Waals surface area contributed by atoms with E-state index in [1.165, 1.54) is 16.3 Å². The van der Waals surface area contributed by atoms with Crippen LogP contribution in [0.3, 0.4) is 0 Å². The molecule has 98 valence electrons. The SMILES string of the molecule is CC(NCc1nc(C(C)(C)C)cs1)c1ccsc1. The molecule has 0 aliphatic carbocycles. The van der Waals surface area contributed by atoms with E-state index in [0.717, 1.165) is 6.54 Å². The third-order valence-corrected chi connectivity index (χ3v) is 4.47. The maximum absolute atomic E-state index is 4.69. The summed E-state index contributed by atoms with van der Waals surface area (Å²) in [4.78, 5) is 4.69. The second-order valence-corrected chi connectivity index (χ2v) is 7.26. The lowest BCUT2D eigenvalue weighted by atomic mass is 9.93. The summed E-state index contributed by atoms with van der Waals surface area (Å²) in [5.41, 5.74) is 2.69. The molecule has 2 heterocycles. The average Bonchev–Trinajstić information content (AvgIpc) is 2.96. The number of nitrogens with one attached hydrogen (secondary N) is 1. The van der Waals surface area contributed by atoms with E-state index in [9.17, 15) is 0 Å². The smallest absolute Gasteiger partial charge is 0.107 e. The van der Waals surface area contributed by atoms with Crippen LogP contribution in [0.15, 0.2) is 22.2 Å². The van der Waals surface area contributed by atoms with Gasteiger partial charge >= 0.3 is 0 Å². The summed E-state index contributed by atoms with van der Waals surface area (Å²) in [6.07, 6.45) is 0. The van der Waals surface area contributed by atoms with E-state index in [1.807, 2.05) is 0 Å². The van der Waals surface area contributed by atoms with Gasteiger partial charge in [-0.1, -0.05) is 20.8 Å². The van der Waals surface area contributed by atoms with Crippen molar-refractivity contribution in [3.8, 4) is 0 Å². The maximum atomic E-state index is 4.69. The molecule has 0 aliphatic heterocycles. The lowest BCUT2D eigenvalue weighted by Crippen LogP contribution is -2.18. The lowest BCUT2D eigenvalue weighted by Gasteiger charge is -2.14. The first-order valence-electron chi connectivity index (χ1n) is 6.17. The number of thiophene rings is 1. The van der Waals surface area contributed by atoms with E-state index in [2.05, 4.69) is 55.2 Å². The fourth-order valence-electron chi connectivity index (χ4n) is 1.62. The third-order valence-electron chi connectivity index (χ3n) is 2.92. The monoisotopic (exact) mass is 280 g/mol. The molecule has 2 aromatic heterocycles. The fourth-order valence-corrected chi connectivity index (χ4v) is 3.34. The first-order chi connectivity index (χ1) is 8.47. The van der Waals surface area contributed by atoms with Gasteiger partial charge in [-0.15, -0.1) is 11.3 Å². The number of hydrogen-bond donors (Lipinski definition) is 1. The number of aromatic nitrogens is 1. The number of nitrogens with zero attached hydrogens (tertiary/aromatic N) is 1. The quantitative estimate of drug-likeness (QED) is 0.900. The van der Waals surface area contributed by atoms with Crippen molar-refractivity contribution in [1.29, 1.82) is 0 Å². The Bertz CT molecular complexity index is 480. The van der Waals surface area contributed by atoms with Crippen LogP contribution in [0.5, 0.6) is 0 Å². The molecule has 0 saturated carbocycles. The molecule has 0 fully saturated rings. The van der Waals surface area contributed by atoms with Gasteiger partial charge in [0, 0.05) is 23.4 Å². The van der Waals surface area contributed by atoms with Gasteiger partial charge in [-0.25, -0.2) is 4.98 Å². The van der Waals surface area contributed by atoms with Gasteiger partial charge in [0.25, 0.3) is 0 Å². The fraction of sp³-hybridized carbons (Fsp3) is 0.500. The van der Waals surface area contributed by atoms with Gasteiger partial charge in [0.15, 0.2) is 0 Å². The van der Waals surface area contributed by atoms with E-state index < -0.39 is 0 Å². The van der Waals surface area contributed by atoms with Gasteiger partial charge < -0.3 is 5.32 Å². The van der Waals surface area contributed by atoms with Crippen LogP contribution < -0.4 is 5.32 Å². The summed E-state index contributed by atoms with van der Waals surface area (Å²) in [7, 11) is 0. The molecule has 0 radical (unpaired) electrons. The maximum Gasteiger partial charge on any atom is 0.107 e. The molecule has 0 bridgehead atoms. The predicted octanol–water partition coefficient (Wildman–Crippen LogP) is 4.35. The first kappa shape index (κ1) is 13.7. The van der Waals surface area contributed by atoms with Gasteiger partial charge in [0.05, 0.1) is 5.69 Å². The molecule has 2 nitrogen and oxygen atoms in total. The van der Waals surface area contributed by atoms with Crippen molar-refractivity contribution in [1.82, 2.24) is 10.3 Å². The van der Waals surface area contributed by atoms with Crippen molar-refractivity contribution >= 4 is 22.7 Å². The molecule has 0 aromatic carbocycles. The summed E-state index contributed by atoms with van der Waals surface area (Å²) < 4.78 is 0. The Kier molecular flexibility index (Phi) is 4.20. The van der Waals surface area contributed by atoms with Crippen molar-refractivity contribution in [3.63, 3.8) is 0 Å².